The van der Waals surface area contributed by atoms with Gasteiger partial charge < -0.3 is 9.80 Å². The molecule has 0 atom stereocenters. The van der Waals surface area contributed by atoms with Gasteiger partial charge in [0.2, 0.25) is 5.91 Å². The molecule has 0 saturated carbocycles. The van der Waals surface area contributed by atoms with Crippen LogP contribution >= 0.6 is 0 Å². The monoisotopic (exact) mass is 256 g/mol. The van der Waals surface area contributed by atoms with Gasteiger partial charge in [-0.25, -0.2) is 0 Å². The number of unbranched alkanes of at least 4 members (excludes halogenated alkanes) is 3. The van der Waals surface area contributed by atoms with Crippen molar-refractivity contribution >= 4 is 5.91 Å². The summed E-state index contributed by atoms with van der Waals surface area (Å²) in [7, 11) is 0. The quantitative estimate of drug-likeness (QED) is 0.682. The second kappa shape index (κ2) is 11.5. The number of rotatable bonds is 6. The number of likely N-dealkylation sites (N-methyl/N-ethyl adjacent to an activating group) is 1. The molecular weight excluding hydrogens is 224 g/mol. The Morgan fingerprint density at radius 2 is 1.56 bits per heavy atom. The highest BCUT2D eigenvalue weighted by Crippen LogP contribution is 2.08. The number of piperazine rings is 1. The van der Waals surface area contributed by atoms with E-state index in [2.05, 4.69) is 18.7 Å². The lowest BCUT2D eigenvalue weighted by Gasteiger charge is -2.34. The molecule has 0 aromatic heterocycles. The van der Waals surface area contributed by atoms with Crippen LogP contribution in [-0.2, 0) is 4.79 Å². The Hall–Kier alpha value is -0.570. The first kappa shape index (κ1) is 17.4. The number of hydrogen-bond acceptors (Lipinski definition) is 2. The fourth-order valence-electron chi connectivity index (χ4n) is 2.17. The highest BCUT2D eigenvalue weighted by Gasteiger charge is 2.19. The first-order chi connectivity index (χ1) is 8.77. The Labute approximate surface area is 114 Å². The summed E-state index contributed by atoms with van der Waals surface area (Å²) in [5.41, 5.74) is 0. The standard InChI is InChI=1S/C13H26N2O.C2H6/c1-3-5-6-7-8-13(16)15-11-9-14(4-2)10-12-15;1-2/h3-12H2,1-2H3;1-2H3. The van der Waals surface area contributed by atoms with Crippen LogP contribution in [0.25, 0.3) is 0 Å². The molecule has 0 spiro atoms. The fourth-order valence-corrected chi connectivity index (χ4v) is 2.17. The van der Waals surface area contributed by atoms with Crippen molar-refractivity contribution in [3.63, 3.8) is 0 Å². The van der Waals surface area contributed by atoms with Crippen molar-refractivity contribution in [2.24, 2.45) is 0 Å². The van der Waals surface area contributed by atoms with E-state index in [9.17, 15) is 4.79 Å². The van der Waals surface area contributed by atoms with Gasteiger partial charge in [0.25, 0.3) is 0 Å². The van der Waals surface area contributed by atoms with Crippen LogP contribution in [-0.4, -0.2) is 48.4 Å². The molecule has 18 heavy (non-hydrogen) atoms. The summed E-state index contributed by atoms with van der Waals surface area (Å²) in [5, 5.41) is 0. The van der Waals surface area contributed by atoms with Crippen LogP contribution in [0.4, 0.5) is 0 Å². The first-order valence-corrected chi connectivity index (χ1v) is 7.78. The third-order valence-electron chi connectivity index (χ3n) is 3.42. The van der Waals surface area contributed by atoms with Crippen LogP contribution in [0.15, 0.2) is 0 Å². The SMILES string of the molecule is CC.CCCCCCC(=O)N1CCN(CC)CC1. The molecule has 0 radical (unpaired) electrons. The number of carbonyl (C=O) groups is 1. The van der Waals surface area contributed by atoms with Crippen molar-refractivity contribution < 1.29 is 4.79 Å². The average Bonchev–Trinajstić information content (AvgIpc) is 2.45. The zero-order chi connectivity index (χ0) is 13.8. The molecule has 3 heteroatoms. The normalized spacial score (nSPS) is 16.1. The maximum atomic E-state index is 11.9. The molecule has 1 amide bonds. The van der Waals surface area contributed by atoms with E-state index in [-0.39, 0.29) is 0 Å². The molecule has 1 saturated heterocycles. The van der Waals surface area contributed by atoms with Gasteiger partial charge in [-0.05, 0) is 13.0 Å². The molecule has 0 bridgehead atoms. The Bertz CT molecular complexity index is 199. The van der Waals surface area contributed by atoms with Crippen LogP contribution in [0, 0.1) is 0 Å². The van der Waals surface area contributed by atoms with E-state index in [0.29, 0.717) is 5.91 Å². The van der Waals surface area contributed by atoms with E-state index in [1.54, 1.807) is 0 Å². The van der Waals surface area contributed by atoms with Crippen molar-refractivity contribution in [2.45, 2.75) is 59.8 Å². The van der Waals surface area contributed by atoms with E-state index in [1.807, 2.05) is 18.7 Å². The van der Waals surface area contributed by atoms with Gasteiger partial charge in [0.15, 0.2) is 0 Å². The highest BCUT2D eigenvalue weighted by atomic mass is 16.2. The topological polar surface area (TPSA) is 23.6 Å². The van der Waals surface area contributed by atoms with E-state index < -0.39 is 0 Å². The molecule has 1 rings (SSSR count). The minimum absolute atomic E-state index is 0.367. The average molecular weight is 256 g/mol. The van der Waals surface area contributed by atoms with Crippen molar-refractivity contribution in [3.05, 3.63) is 0 Å². The molecule has 1 fully saturated rings. The lowest BCUT2D eigenvalue weighted by Crippen LogP contribution is -2.48. The Morgan fingerprint density at radius 1 is 0.944 bits per heavy atom. The van der Waals surface area contributed by atoms with Crippen LogP contribution in [0.5, 0.6) is 0 Å². The molecular formula is C15H32N2O. The molecule has 1 heterocycles. The molecule has 3 nitrogen and oxygen atoms in total. The van der Waals surface area contributed by atoms with Gasteiger partial charge in [-0.3, -0.25) is 4.79 Å². The lowest BCUT2D eigenvalue weighted by atomic mass is 10.1. The van der Waals surface area contributed by atoms with Gasteiger partial charge in [0.1, 0.15) is 0 Å². The van der Waals surface area contributed by atoms with Gasteiger partial charge in [-0.1, -0.05) is 47.0 Å². The van der Waals surface area contributed by atoms with Crippen molar-refractivity contribution in [1.29, 1.82) is 0 Å². The third kappa shape index (κ3) is 7.00. The molecule has 0 aromatic carbocycles. The predicted molar refractivity (Wildman–Crippen MR) is 78.8 cm³/mol. The smallest absolute Gasteiger partial charge is 0.222 e. The molecule has 0 N–H and O–H groups in total. The number of hydrogen-bond donors (Lipinski definition) is 0. The van der Waals surface area contributed by atoms with Gasteiger partial charge in [-0.15, -0.1) is 0 Å². The van der Waals surface area contributed by atoms with E-state index in [1.165, 1.54) is 19.3 Å². The minimum atomic E-state index is 0.367. The Kier molecular flexibility index (Phi) is 11.2. The fraction of sp³-hybridized carbons (Fsp3) is 0.933. The van der Waals surface area contributed by atoms with E-state index in [0.717, 1.165) is 45.6 Å². The van der Waals surface area contributed by atoms with Crippen LogP contribution in [0.1, 0.15) is 59.8 Å². The summed E-state index contributed by atoms with van der Waals surface area (Å²) in [5.74, 6) is 0.367. The Morgan fingerprint density at radius 3 is 2.06 bits per heavy atom. The number of amides is 1. The van der Waals surface area contributed by atoms with E-state index >= 15 is 0 Å². The summed E-state index contributed by atoms with van der Waals surface area (Å²) < 4.78 is 0. The number of nitrogens with zero attached hydrogens (tertiary/aromatic N) is 2. The molecule has 1 aliphatic rings. The number of carbonyl (C=O) groups excluding carboxylic acids is 1. The summed E-state index contributed by atoms with van der Waals surface area (Å²) in [4.78, 5) is 16.3. The second-order valence-corrected chi connectivity index (χ2v) is 4.63. The second-order valence-electron chi connectivity index (χ2n) is 4.63. The highest BCUT2D eigenvalue weighted by molar-refractivity contribution is 5.76. The van der Waals surface area contributed by atoms with Crippen LogP contribution in [0.2, 0.25) is 0 Å². The van der Waals surface area contributed by atoms with Crippen LogP contribution < -0.4 is 0 Å². The largest absolute Gasteiger partial charge is 0.340 e. The van der Waals surface area contributed by atoms with Crippen molar-refractivity contribution in [3.8, 4) is 0 Å². The maximum Gasteiger partial charge on any atom is 0.222 e. The molecule has 1 aliphatic heterocycles. The summed E-state index contributed by atoms with van der Waals surface area (Å²) >= 11 is 0. The van der Waals surface area contributed by atoms with Gasteiger partial charge >= 0.3 is 0 Å². The zero-order valence-electron chi connectivity index (χ0n) is 12.9. The molecule has 0 aliphatic carbocycles. The van der Waals surface area contributed by atoms with E-state index in [4.69, 9.17) is 0 Å². The molecule has 0 unspecified atom stereocenters. The zero-order valence-corrected chi connectivity index (χ0v) is 12.9. The lowest BCUT2D eigenvalue weighted by molar-refractivity contribution is -0.133. The minimum Gasteiger partial charge on any atom is -0.340 e. The summed E-state index contributed by atoms with van der Waals surface area (Å²) in [6, 6.07) is 0. The van der Waals surface area contributed by atoms with Crippen molar-refractivity contribution in [1.82, 2.24) is 9.80 Å². The third-order valence-corrected chi connectivity index (χ3v) is 3.42. The maximum absolute atomic E-state index is 11.9. The van der Waals surface area contributed by atoms with Gasteiger partial charge in [0, 0.05) is 32.6 Å². The Balaban J connectivity index is 0.00000137. The summed E-state index contributed by atoms with van der Waals surface area (Å²) in [6.07, 6.45) is 5.53. The van der Waals surface area contributed by atoms with Crippen LogP contribution in [0.3, 0.4) is 0 Å². The van der Waals surface area contributed by atoms with Gasteiger partial charge in [0.05, 0.1) is 0 Å². The van der Waals surface area contributed by atoms with Gasteiger partial charge in [-0.2, -0.15) is 0 Å². The predicted octanol–water partition coefficient (Wildman–Crippen LogP) is 3.15. The summed E-state index contributed by atoms with van der Waals surface area (Å²) in [6.45, 7) is 13.5. The van der Waals surface area contributed by atoms with Crippen molar-refractivity contribution in [2.75, 3.05) is 32.7 Å². The first-order valence-electron chi connectivity index (χ1n) is 7.78. The molecule has 0 aromatic rings. The molecule has 108 valence electrons.